The molecule has 1 aromatic rings. The number of methoxy groups -OCH3 is 1. The molecule has 0 aliphatic rings. The van der Waals surface area contributed by atoms with Gasteiger partial charge in [-0.15, -0.1) is 11.6 Å². The summed E-state index contributed by atoms with van der Waals surface area (Å²) in [4.78, 5) is 22.4. The topological polar surface area (TPSA) is 48.3 Å². The molecule has 0 saturated heterocycles. The van der Waals surface area contributed by atoms with Gasteiger partial charge in [0, 0.05) is 12.7 Å². The highest BCUT2D eigenvalue weighted by atomic mass is 35.5. The maximum Gasteiger partial charge on any atom is 0.311 e. The van der Waals surface area contributed by atoms with E-state index in [4.69, 9.17) is 11.6 Å². The molecule has 0 N–H and O–H groups in total. The lowest BCUT2D eigenvalue weighted by Gasteiger charge is -2.04. The third-order valence-corrected chi connectivity index (χ3v) is 2.43. The molecule has 0 aromatic carbocycles. The zero-order chi connectivity index (χ0) is 11.4. The summed E-state index contributed by atoms with van der Waals surface area (Å²) >= 11 is 5.45. The van der Waals surface area contributed by atoms with E-state index in [1.54, 1.807) is 23.7 Å². The van der Waals surface area contributed by atoms with Gasteiger partial charge < -0.3 is 9.30 Å². The molecule has 0 amide bonds. The fourth-order valence-corrected chi connectivity index (χ4v) is 1.44. The number of halogens is 1. The predicted molar refractivity (Wildman–Crippen MR) is 56.2 cm³/mol. The van der Waals surface area contributed by atoms with Gasteiger partial charge >= 0.3 is 5.97 Å². The van der Waals surface area contributed by atoms with Crippen LogP contribution in [0.3, 0.4) is 0 Å². The van der Waals surface area contributed by atoms with Gasteiger partial charge in [0.05, 0.1) is 25.1 Å². The van der Waals surface area contributed by atoms with Crippen LogP contribution in [0.5, 0.6) is 0 Å². The number of hydrogen-bond acceptors (Lipinski definition) is 3. The highest BCUT2D eigenvalue weighted by Crippen LogP contribution is 2.10. The number of ketones is 1. The van der Waals surface area contributed by atoms with E-state index in [2.05, 4.69) is 4.74 Å². The number of carbonyl (C=O) groups is 2. The Bertz CT molecular complexity index is 384. The first-order valence-electron chi connectivity index (χ1n) is 4.40. The molecule has 0 saturated carbocycles. The lowest BCUT2D eigenvalue weighted by molar-refractivity contribution is -0.139. The number of nitrogens with zero attached hydrogens (tertiary/aromatic N) is 1. The minimum Gasteiger partial charge on any atom is -0.469 e. The van der Waals surface area contributed by atoms with E-state index in [1.165, 1.54) is 7.11 Å². The van der Waals surface area contributed by atoms with Crippen LogP contribution in [0.2, 0.25) is 0 Å². The van der Waals surface area contributed by atoms with Crippen molar-refractivity contribution in [3.05, 3.63) is 23.5 Å². The van der Waals surface area contributed by atoms with Gasteiger partial charge in [0.1, 0.15) is 0 Å². The van der Waals surface area contributed by atoms with Gasteiger partial charge in [0.15, 0.2) is 5.78 Å². The fourth-order valence-electron chi connectivity index (χ4n) is 1.30. The Hall–Kier alpha value is -1.29. The molecule has 0 radical (unpaired) electrons. The number of ether oxygens (including phenoxy) is 1. The fraction of sp³-hybridized carbons (Fsp3) is 0.400. The quantitative estimate of drug-likeness (QED) is 0.442. The summed E-state index contributed by atoms with van der Waals surface area (Å²) in [5.41, 5.74) is 1.24. The Labute approximate surface area is 92.8 Å². The van der Waals surface area contributed by atoms with Gasteiger partial charge in [-0.2, -0.15) is 0 Å². The van der Waals surface area contributed by atoms with Crippen molar-refractivity contribution < 1.29 is 14.3 Å². The van der Waals surface area contributed by atoms with Crippen LogP contribution in [0.4, 0.5) is 0 Å². The minimum absolute atomic E-state index is 0.0600. The Morgan fingerprint density at radius 3 is 2.67 bits per heavy atom. The van der Waals surface area contributed by atoms with E-state index in [0.29, 0.717) is 5.69 Å². The Morgan fingerprint density at radius 2 is 2.13 bits per heavy atom. The van der Waals surface area contributed by atoms with Crippen molar-refractivity contribution in [2.75, 3.05) is 13.0 Å². The zero-order valence-corrected chi connectivity index (χ0v) is 9.37. The molecule has 0 unspecified atom stereocenters. The molecular formula is C10H12ClNO3. The summed E-state index contributed by atoms with van der Waals surface area (Å²) in [6.45, 7) is 0. The van der Waals surface area contributed by atoms with Gasteiger partial charge in [-0.3, -0.25) is 9.59 Å². The lowest BCUT2D eigenvalue weighted by atomic mass is 10.3. The monoisotopic (exact) mass is 229 g/mol. The molecule has 1 aromatic heterocycles. The number of rotatable bonds is 4. The first-order chi connectivity index (χ1) is 7.10. The summed E-state index contributed by atoms with van der Waals surface area (Å²) in [5, 5.41) is 0. The Kier molecular flexibility index (Phi) is 3.91. The summed E-state index contributed by atoms with van der Waals surface area (Å²) in [6.07, 6.45) is 0.155. The molecule has 15 heavy (non-hydrogen) atoms. The van der Waals surface area contributed by atoms with Crippen LogP contribution in [0, 0.1) is 0 Å². The van der Waals surface area contributed by atoms with Crippen LogP contribution in [0.25, 0.3) is 0 Å². The molecule has 0 bridgehead atoms. The number of alkyl halides is 1. The van der Waals surface area contributed by atoms with Crippen molar-refractivity contribution in [2.45, 2.75) is 6.42 Å². The Morgan fingerprint density at radius 1 is 1.47 bits per heavy atom. The molecule has 4 nitrogen and oxygen atoms in total. The van der Waals surface area contributed by atoms with E-state index in [9.17, 15) is 9.59 Å². The molecule has 0 fully saturated rings. The highest BCUT2D eigenvalue weighted by Gasteiger charge is 2.13. The number of aromatic nitrogens is 1. The third-order valence-electron chi connectivity index (χ3n) is 2.19. The van der Waals surface area contributed by atoms with Crippen molar-refractivity contribution in [3.8, 4) is 0 Å². The summed E-state index contributed by atoms with van der Waals surface area (Å²) < 4.78 is 6.20. The normalized spacial score (nSPS) is 10.1. The second-order valence-corrected chi connectivity index (χ2v) is 3.35. The molecule has 0 aliphatic carbocycles. The maximum absolute atomic E-state index is 11.3. The predicted octanol–water partition coefficient (Wildman–Crippen LogP) is 1.16. The minimum atomic E-state index is -0.332. The largest absolute Gasteiger partial charge is 0.469 e. The second-order valence-electron chi connectivity index (χ2n) is 3.08. The number of Topliss-reactive ketones (excluding diaryl/α,β-unsaturated/α-hetero) is 1. The molecule has 1 rings (SSSR count). The van der Waals surface area contributed by atoms with Crippen LogP contribution in [0.15, 0.2) is 12.1 Å². The summed E-state index contributed by atoms with van der Waals surface area (Å²) in [6, 6.07) is 3.37. The van der Waals surface area contributed by atoms with Gasteiger partial charge in [0.2, 0.25) is 0 Å². The van der Waals surface area contributed by atoms with Crippen LogP contribution in [-0.2, 0) is 23.0 Å². The van der Waals surface area contributed by atoms with E-state index < -0.39 is 0 Å². The SMILES string of the molecule is COC(=O)Cc1ccc(C(=O)CCl)n1C. The molecule has 0 aliphatic heterocycles. The average molecular weight is 230 g/mol. The van der Waals surface area contributed by atoms with Crippen LogP contribution in [0.1, 0.15) is 16.2 Å². The molecule has 0 atom stereocenters. The molecular weight excluding hydrogens is 218 g/mol. The van der Waals surface area contributed by atoms with E-state index in [-0.39, 0.29) is 24.1 Å². The van der Waals surface area contributed by atoms with Gasteiger partial charge in [-0.05, 0) is 12.1 Å². The first kappa shape index (κ1) is 11.8. The summed E-state index contributed by atoms with van der Waals surface area (Å²) in [5.74, 6) is -0.549. The standard InChI is InChI=1S/C10H12ClNO3/c1-12-7(5-10(14)15-2)3-4-8(12)9(13)6-11/h3-4H,5-6H2,1-2H3. The van der Waals surface area contributed by atoms with Crippen molar-refractivity contribution in [2.24, 2.45) is 7.05 Å². The van der Waals surface area contributed by atoms with Gasteiger partial charge in [-0.1, -0.05) is 0 Å². The van der Waals surface area contributed by atoms with E-state index in [1.807, 2.05) is 0 Å². The van der Waals surface area contributed by atoms with E-state index in [0.717, 1.165) is 5.69 Å². The molecule has 1 heterocycles. The first-order valence-corrected chi connectivity index (χ1v) is 4.94. The van der Waals surface area contributed by atoms with Crippen molar-refractivity contribution >= 4 is 23.4 Å². The second kappa shape index (κ2) is 4.98. The van der Waals surface area contributed by atoms with Crippen molar-refractivity contribution in [1.82, 2.24) is 4.57 Å². The maximum atomic E-state index is 11.3. The number of esters is 1. The van der Waals surface area contributed by atoms with E-state index >= 15 is 0 Å². The van der Waals surface area contributed by atoms with Crippen molar-refractivity contribution in [1.29, 1.82) is 0 Å². The average Bonchev–Trinajstić information content (AvgIpc) is 2.59. The lowest BCUT2D eigenvalue weighted by Crippen LogP contribution is -2.12. The summed E-state index contributed by atoms with van der Waals surface area (Å²) in [7, 11) is 3.05. The van der Waals surface area contributed by atoms with Crippen LogP contribution < -0.4 is 0 Å². The van der Waals surface area contributed by atoms with Gasteiger partial charge in [0.25, 0.3) is 0 Å². The smallest absolute Gasteiger partial charge is 0.311 e. The number of hydrogen-bond donors (Lipinski definition) is 0. The molecule has 0 spiro atoms. The van der Waals surface area contributed by atoms with Gasteiger partial charge in [-0.25, -0.2) is 0 Å². The molecule has 5 heteroatoms. The van der Waals surface area contributed by atoms with Crippen molar-refractivity contribution in [3.63, 3.8) is 0 Å². The Balaban J connectivity index is 2.89. The zero-order valence-electron chi connectivity index (χ0n) is 8.62. The third kappa shape index (κ3) is 2.59. The molecule has 82 valence electrons. The van der Waals surface area contributed by atoms with Crippen LogP contribution in [-0.4, -0.2) is 29.3 Å². The van der Waals surface area contributed by atoms with Crippen LogP contribution >= 0.6 is 11.6 Å². The number of carbonyl (C=O) groups excluding carboxylic acids is 2. The highest BCUT2D eigenvalue weighted by molar-refractivity contribution is 6.30.